The summed E-state index contributed by atoms with van der Waals surface area (Å²) in [7, 11) is 1.72. The largest absolute Gasteiger partial charge is 0.366 e. The van der Waals surface area contributed by atoms with Crippen molar-refractivity contribution in [2.75, 3.05) is 7.05 Å². The number of hydrogen-bond donors (Lipinski definition) is 1. The Morgan fingerprint density at radius 1 is 1.35 bits per heavy atom. The second-order valence-electron chi connectivity index (χ2n) is 4.07. The van der Waals surface area contributed by atoms with Gasteiger partial charge >= 0.3 is 0 Å². The lowest BCUT2D eigenvalue weighted by molar-refractivity contribution is -0.114. The lowest BCUT2D eigenvalue weighted by atomic mass is 10.0. The topological polar surface area (TPSA) is 55.4 Å². The monoisotopic (exact) mass is 230 g/mol. The van der Waals surface area contributed by atoms with E-state index in [4.69, 9.17) is 5.73 Å². The zero-order valence-electron chi connectivity index (χ0n) is 10.5. The van der Waals surface area contributed by atoms with E-state index in [0.29, 0.717) is 12.0 Å². The van der Waals surface area contributed by atoms with E-state index in [1.54, 1.807) is 20.0 Å². The Labute approximate surface area is 102 Å². The van der Waals surface area contributed by atoms with Crippen LogP contribution >= 0.6 is 0 Å². The molecule has 1 rings (SSSR count). The quantitative estimate of drug-likeness (QED) is 0.624. The molecule has 2 N–H and O–H groups in total. The number of nitrogens with two attached hydrogens (primary N) is 1. The van der Waals surface area contributed by atoms with Gasteiger partial charge in [-0.2, -0.15) is 0 Å². The molecular formula is C14H18N2O. The number of benzene rings is 1. The van der Waals surface area contributed by atoms with E-state index in [9.17, 15) is 4.79 Å². The van der Waals surface area contributed by atoms with Gasteiger partial charge in [0.15, 0.2) is 0 Å². The van der Waals surface area contributed by atoms with Crippen molar-refractivity contribution in [1.29, 1.82) is 0 Å². The minimum Gasteiger partial charge on any atom is -0.366 e. The second kappa shape index (κ2) is 5.99. The number of primary amides is 1. The van der Waals surface area contributed by atoms with E-state index in [1.807, 2.05) is 0 Å². The number of aliphatic imine (C=N–C) groups is 1. The highest BCUT2D eigenvalue weighted by atomic mass is 16.1. The van der Waals surface area contributed by atoms with Crippen molar-refractivity contribution < 1.29 is 4.79 Å². The summed E-state index contributed by atoms with van der Waals surface area (Å²) in [5.74, 6) is -0.407. The van der Waals surface area contributed by atoms with E-state index >= 15 is 0 Å². The van der Waals surface area contributed by atoms with Crippen LogP contribution in [0.5, 0.6) is 0 Å². The molecule has 0 heterocycles. The third kappa shape index (κ3) is 4.23. The zero-order valence-corrected chi connectivity index (χ0v) is 10.5. The van der Waals surface area contributed by atoms with Crippen LogP contribution in [0.25, 0.3) is 0 Å². The van der Waals surface area contributed by atoms with E-state index < -0.39 is 5.91 Å². The highest BCUT2D eigenvalue weighted by molar-refractivity contribution is 6.03. The molecule has 90 valence electrons. The number of allylic oxidation sites excluding steroid dienone is 1. The van der Waals surface area contributed by atoms with Gasteiger partial charge in [0.25, 0.3) is 0 Å². The number of amides is 1. The fraction of sp³-hybridized carbons (Fsp3) is 0.286. The molecule has 3 nitrogen and oxygen atoms in total. The molecule has 0 aliphatic heterocycles. The van der Waals surface area contributed by atoms with E-state index in [2.05, 4.69) is 36.2 Å². The first-order valence-electron chi connectivity index (χ1n) is 5.52. The first-order valence-corrected chi connectivity index (χ1v) is 5.52. The molecule has 0 fully saturated rings. The summed E-state index contributed by atoms with van der Waals surface area (Å²) in [6.07, 6.45) is 2.45. The number of hydrogen-bond acceptors (Lipinski definition) is 2. The van der Waals surface area contributed by atoms with Crippen molar-refractivity contribution in [3.05, 3.63) is 47.0 Å². The number of carbonyl (C=O) groups excluding carboxylic acids is 1. The summed E-state index contributed by atoms with van der Waals surface area (Å²) >= 11 is 0. The van der Waals surface area contributed by atoms with Gasteiger partial charge in [0.2, 0.25) is 5.91 Å². The van der Waals surface area contributed by atoms with Crippen molar-refractivity contribution in [2.24, 2.45) is 10.7 Å². The fourth-order valence-electron chi connectivity index (χ4n) is 1.43. The Morgan fingerprint density at radius 3 is 2.41 bits per heavy atom. The maximum Gasteiger partial charge on any atom is 0.244 e. The van der Waals surface area contributed by atoms with Crippen molar-refractivity contribution in [3.8, 4) is 0 Å². The molecule has 0 radical (unpaired) electrons. The summed E-state index contributed by atoms with van der Waals surface area (Å²) in [6.45, 7) is 3.75. The van der Waals surface area contributed by atoms with Crippen LogP contribution in [-0.2, 0) is 11.2 Å². The average Bonchev–Trinajstić information content (AvgIpc) is 2.30. The summed E-state index contributed by atoms with van der Waals surface area (Å²) in [4.78, 5) is 15.1. The van der Waals surface area contributed by atoms with Gasteiger partial charge < -0.3 is 5.73 Å². The molecule has 1 aromatic rings. The molecule has 0 atom stereocenters. The van der Waals surface area contributed by atoms with Gasteiger partial charge in [-0.1, -0.05) is 29.8 Å². The van der Waals surface area contributed by atoms with Gasteiger partial charge in [0.1, 0.15) is 0 Å². The Bertz CT molecular complexity index is 456. The molecule has 3 heteroatoms. The molecule has 0 saturated heterocycles. The van der Waals surface area contributed by atoms with Crippen LogP contribution in [-0.4, -0.2) is 18.7 Å². The Balaban J connectivity index is 2.82. The lowest BCUT2D eigenvalue weighted by Gasteiger charge is -2.03. The molecule has 0 aliphatic carbocycles. The average molecular weight is 230 g/mol. The van der Waals surface area contributed by atoms with E-state index in [1.165, 1.54) is 11.1 Å². The first-order chi connectivity index (χ1) is 8.02. The second-order valence-corrected chi connectivity index (χ2v) is 4.07. The Morgan fingerprint density at radius 2 is 1.94 bits per heavy atom. The zero-order chi connectivity index (χ0) is 12.8. The maximum absolute atomic E-state index is 10.9. The predicted octanol–water partition coefficient (Wildman–Crippen LogP) is 2.04. The molecule has 1 amide bonds. The van der Waals surface area contributed by atoms with Crippen molar-refractivity contribution in [2.45, 2.75) is 20.3 Å². The molecule has 0 spiro atoms. The molecule has 0 aromatic heterocycles. The molecular weight excluding hydrogens is 212 g/mol. The molecule has 1 aromatic carbocycles. The van der Waals surface area contributed by atoms with Gasteiger partial charge in [-0.25, -0.2) is 0 Å². The Hall–Kier alpha value is -1.90. The van der Waals surface area contributed by atoms with Gasteiger partial charge in [0, 0.05) is 24.8 Å². The summed E-state index contributed by atoms with van der Waals surface area (Å²) in [6, 6.07) is 8.25. The number of nitrogens with zero attached hydrogens (tertiary/aromatic N) is 1. The smallest absolute Gasteiger partial charge is 0.244 e. The van der Waals surface area contributed by atoms with Crippen LogP contribution < -0.4 is 5.73 Å². The minimum atomic E-state index is -0.407. The lowest BCUT2D eigenvalue weighted by Crippen LogP contribution is -2.13. The van der Waals surface area contributed by atoms with Crippen molar-refractivity contribution in [1.82, 2.24) is 0 Å². The Kier molecular flexibility index (Phi) is 4.64. The third-order valence-electron chi connectivity index (χ3n) is 2.56. The predicted molar refractivity (Wildman–Crippen MR) is 71.2 cm³/mol. The highest BCUT2D eigenvalue weighted by Gasteiger charge is 2.02. The van der Waals surface area contributed by atoms with Crippen LogP contribution in [0.1, 0.15) is 18.1 Å². The van der Waals surface area contributed by atoms with Crippen molar-refractivity contribution >= 4 is 11.6 Å². The van der Waals surface area contributed by atoms with Crippen LogP contribution in [0.4, 0.5) is 0 Å². The first kappa shape index (κ1) is 13.2. The van der Waals surface area contributed by atoms with Crippen LogP contribution in [0.2, 0.25) is 0 Å². The molecule has 0 aliphatic rings. The summed E-state index contributed by atoms with van der Waals surface area (Å²) < 4.78 is 0. The van der Waals surface area contributed by atoms with Gasteiger partial charge in [-0.3, -0.25) is 9.79 Å². The van der Waals surface area contributed by atoms with Gasteiger partial charge in [0.05, 0.1) is 0 Å². The van der Waals surface area contributed by atoms with Crippen molar-refractivity contribution in [3.63, 3.8) is 0 Å². The minimum absolute atomic E-state index is 0.407. The molecule has 0 bridgehead atoms. The number of rotatable bonds is 4. The van der Waals surface area contributed by atoms with E-state index in [0.717, 1.165) is 5.71 Å². The normalized spacial score (nSPS) is 12.6. The number of aryl methyl sites for hydroxylation is 1. The summed E-state index contributed by atoms with van der Waals surface area (Å²) in [5.41, 5.74) is 8.97. The fourth-order valence-corrected chi connectivity index (χ4v) is 1.43. The van der Waals surface area contributed by atoms with Crippen LogP contribution in [0.3, 0.4) is 0 Å². The molecule has 0 saturated carbocycles. The van der Waals surface area contributed by atoms with Crippen LogP contribution in [0, 0.1) is 6.92 Å². The summed E-state index contributed by atoms with van der Waals surface area (Å²) in [5, 5.41) is 0. The highest BCUT2D eigenvalue weighted by Crippen LogP contribution is 2.06. The molecule has 17 heavy (non-hydrogen) atoms. The maximum atomic E-state index is 10.9. The van der Waals surface area contributed by atoms with Gasteiger partial charge in [-0.15, -0.1) is 0 Å². The molecule has 0 unspecified atom stereocenters. The SMILES string of the molecule is CN=C(/C=C(\C)C(N)=O)Cc1ccc(C)cc1. The number of carbonyl (C=O) groups is 1. The van der Waals surface area contributed by atoms with Gasteiger partial charge in [-0.05, 0) is 25.5 Å². The van der Waals surface area contributed by atoms with E-state index in [-0.39, 0.29) is 0 Å². The standard InChI is InChI=1S/C14H18N2O/c1-10-4-6-12(7-5-10)9-13(16-3)8-11(2)14(15)17/h4-8H,9H2,1-3H3,(H2,15,17)/b11-8+,16-13?. The third-order valence-corrected chi connectivity index (χ3v) is 2.56. The van der Waals surface area contributed by atoms with Crippen LogP contribution in [0.15, 0.2) is 40.9 Å².